The van der Waals surface area contributed by atoms with Crippen LogP contribution in [0.15, 0.2) is 40.9 Å². The van der Waals surface area contributed by atoms with Gasteiger partial charge in [0.05, 0.1) is 16.9 Å². The number of rotatable bonds is 2. The average molecular weight is 367 g/mol. The molecule has 5 nitrogen and oxygen atoms in total. The number of urea groups is 1. The molecule has 106 valence electrons. The highest BCUT2D eigenvalue weighted by atomic mass is 79.9. The van der Waals surface area contributed by atoms with Crippen LogP contribution < -0.4 is 10.6 Å². The first-order valence-corrected chi connectivity index (χ1v) is 6.90. The Labute approximate surface area is 134 Å². The third-order valence-electron chi connectivity index (χ3n) is 2.77. The fourth-order valence-electron chi connectivity index (χ4n) is 1.82. The first kappa shape index (κ1) is 15.2. The smallest absolute Gasteiger partial charge is 0.324 e. The molecule has 7 heteroatoms. The second-order valence-electron chi connectivity index (χ2n) is 4.03. The number of para-hydroxylation sites is 1. The van der Waals surface area contributed by atoms with Gasteiger partial charge in [-0.05, 0) is 40.2 Å². The third kappa shape index (κ3) is 2.79. The molecule has 0 unspecified atom stereocenters. The van der Waals surface area contributed by atoms with E-state index >= 15 is 0 Å². The zero-order valence-electron chi connectivity index (χ0n) is 10.5. The quantitative estimate of drug-likeness (QED) is 0.844. The second-order valence-corrected chi connectivity index (χ2v) is 5.26. The van der Waals surface area contributed by atoms with E-state index in [0.29, 0.717) is 10.2 Å². The number of hydrogen-bond donors (Lipinski definition) is 2. The average Bonchev–Trinajstić information content (AvgIpc) is 2.45. The van der Waals surface area contributed by atoms with Gasteiger partial charge in [0.1, 0.15) is 11.1 Å². The maximum absolute atomic E-state index is 11.8. The van der Waals surface area contributed by atoms with Crippen molar-refractivity contribution >= 4 is 44.9 Å². The Bertz CT molecular complexity index is 758. The Morgan fingerprint density at radius 1 is 1.29 bits per heavy atom. The highest BCUT2D eigenvalue weighted by molar-refractivity contribution is 9.10. The molecule has 0 heterocycles. The van der Waals surface area contributed by atoms with E-state index in [4.69, 9.17) is 22.6 Å². The normalized spacial score (nSPS) is 9.95. The monoisotopic (exact) mass is 365 g/mol. The SMILES string of the molecule is N#Cc1ccc(N(C(N)=O)c2ccccc2Br)c(O)c1Cl. The lowest BCUT2D eigenvalue weighted by molar-refractivity contribution is 0.256. The van der Waals surface area contributed by atoms with Crippen LogP contribution in [-0.2, 0) is 0 Å². The van der Waals surface area contributed by atoms with Crippen molar-refractivity contribution in [2.75, 3.05) is 4.90 Å². The van der Waals surface area contributed by atoms with Crippen LogP contribution in [0.4, 0.5) is 16.2 Å². The van der Waals surface area contributed by atoms with Gasteiger partial charge in [-0.2, -0.15) is 5.26 Å². The predicted molar refractivity (Wildman–Crippen MR) is 83.7 cm³/mol. The minimum atomic E-state index is -0.794. The molecule has 0 saturated carbocycles. The van der Waals surface area contributed by atoms with E-state index in [1.807, 2.05) is 6.07 Å². The van der Waals surface area contributed by atoms with E-state index in [0.717, 1.165) is 4.90 Å². The van der Waals surface area contributed by atoms with Crippen molar-refractivity contribution in [3.8, 4) is 11.8 Å². The molecule has 0 spiro atoms. The van der Waals surface area contributed by atoms with E-state index in [1.165, 1.54) is 12.1 Å². The summed E-state index contributed by atoms with van der Waals surface area (Å²) in [6.45, 7) is 0. The standard InChI is InChI=1S/C14H9BrClN3O2/c15-9-3-1-2-4-10(9)19(14(18)21)11-6-5-8(7-17)12(16)13(11)20/h1-6,20H,(H2,18,21). The van der Waals surface area contributed by atoms with E-state index in [1.54, 1.807) is 24.3 Å². The number of halogens is 2. The highest BCUT2D eigenvalue weighted by Gasteiger charge is 2.23. The number of amides is 2. The molecule has 0 aromatic heterocycles. The number of nitrogens with two attached hydrogens (primary N) is 1. The van der Waals surface area contributed by atoms with Crippen molar-refractivity contribution in [1.29, 1.82) is 5.26 Å². The van der Waals surface area contributed by atoms with Crippen LogP contribution in [0, 0.1) is 11.3 Å². The Balaban J connectivity index is 2.66. The lowest BCUT2D eigenvalue weighted by Crippen LogP contribution is -2.31. The number of nitriles is 1. The largest absolute Gasteiger partial charge is 0.504 e. The zero-order valence-corrected chi connectivity index (χ0v) is 12.9. The van der Waals surface area contributed by atoms with Gasteiger partial charge in [-0.15, -0.1) is 0 Å². The number of anilines is 2. The summed E-state index contributed by atoms with van der Waals surface area (Å²) < 4.78 is 0.615. The van der Waals surface area contributed by atoms with Crippen LogP contribution >= 0.6 is 27.5 Å². The lowest BCUT2D eigenvalue weighted by Gasteiger charge is -2.23. The number of nitrogens with zero attached hydrogens (tertiary/aromatic N) is 2. The molecule has 0 fully saturated rings. The summed E-state index contributed by atoms with van der Waals surface area (Å²) in [6.07, 6.45) is 0. The Kier molecular flexibility index (Phi) is 4.36. The third-order valence-corrected chi connectivity index (χ3v) is 3.82. The summed E-state index contributed by atoms with van der Waals surface area (Å²) in [7, 11) is 0. The fourth-order valence-corrected chi connectivity index (χ4v) is 2.49. The van der Waals surface area contributed by atoms with E-state index in [-0.39, 0.29) is 22.0 Å². The Hall–Kier alpha value is -2.23. The molecule has 21 heavy (non-hydrogen) atoms. The molecule has 2 rings (SSSR count). The van der Waals surface area contributed by atoms with Crippen LogP contribution in [-0.4, -0.2) is 11.1 Å². The van der Waals surface area contributed by atoms with Gasteiger partial charge < -0.3 is 10.8 Å². The number of phenols is 1. The molecule has 0 aliphatic carbocycles. The summed E-state index contributed by atoms with van der Waals surface area (Å²) in [5.41, 5.74) is 6.05. The molecule has 3 N–H and O–H groups in total. The van der Waals surface area contributed by atoms with E-state index in [2.05, 4.69) is 15.9 Å². The summed E-state index contributed by atoms with van der Waals surface area (Å²) in [4.78, 5) is 12.9. The molecule has 2 amide bonds. The number of carbonyl (C=O) groups is 1. The number of phenolic OH excluding ortho intramolecular Hbond substituents is 1. The van der Waals surface area contributed by atoms with Crippen molar-refractivity contribution < 1.29 is 9.90 Å². The van der Waals surface area contributed by atoms with Gasteiger partial charge in [-0.25, -0.2) is 4.79 Å². The molecule has 0 radical (unpaired) electrons. The lowest BCUT2D eigenvalue weighted by atomic mass is 10.1. The van der Waals surface area contributed by atoms with Crippen LogP contribution in [0.25, 0.3) is 0 Å². The van der Waals surface area contributed by atoms with E-state index in [9.17, 15) is 9.90 Å². The molecule has 0 aliphatic rings. The first-order valence-electron chi connectivity index (χ1n) is 5.73. The minimum absolute atomic E-state index is 0.0957. The topological polar surface area (TPSA) is 90.4 Å². The molecular formula is C14H9BrClN3O2. The van der Waals surface area contributed by atoms with Gasteiger partial charge in [0.15, 0.2) is 5.75 Å². The van der Waals surface area contributed by atoms with Gasteiger partial charge >= 0.3 is 6.03 Å². The minimum Gasteiger partial charge on any atom is -0.504 e. The summed E-state index contributed by atoms with van der Waals surface area (Å²) in [6, 6.07) is 10.7. The molecule has 2 aromatic carbocycles. The van der Waals surface area contributed by atoms with Gasteiger partial charge in [0.2, 0.25) is 0 Å². The molecule has 0 aliphatic heterocycles. The number of benzene rings is 2. The number of primary amides is 1. The van der Waals surface area contributed by atoms with Crippen molar-refractivity contribution in [3.05, 3.63) is 51.5 Å². The maximum Gasteiger partial charge on any atom is 0.324 e. The number of hydrogen-bond acceptors (Lipinski definition) is 3. The zero-order chi connectivity index (χ0) is 15.6. The van der Waals surface area contributed by atoms with Gasteiger partial charge in [0.25, 0.3) is 0 Å². The van der Waals surface area contributed by atoms with Crippen molar-refractivity contribution in [1.82, 2.24) is 0 Å². The van der Waals surface area contributed by atoms with Crippen molar-refractivity contribution in [2.45, 2.75) is 0 Å². The van der Waals surface area contributed by atoms with Crippen LogP contribution in [0.5, 0.6) is 5.75 Å². The molecule has 2 aromatic rings. The van der Waals surface area contributed by atoms with Gasteiger partial charge in [0, 0.05) is 4.47 Å². The summed E-state index contributed by atoms with van der Waals surface area (Å²) >= 11 is 9.23. The molecular weight excluding hydrogens is 358 g/mol. The summed E-state index contributed by atoms with van der Waals surface area (Å²) in [5, 5.41) is 18.9. The maximum atomic E-state index is 11.8. The second kappa shape index (κ2) is 6.04. The molecule has 0 bridgehead atoms. The Morgan fingerprint density at radius 2 is 1.95 bits per heavy atom. The van der Waals surface area contributed by atoms with Crippen molar-refractivity contribution in [3.63, 3.8) is 0 Å². The molecule has 0 atom stereocenters. The summed E-state index contributed by atoms with van der Waals surface area (Å²) in [5.74, 6) is -0.384. The van der Waals surface area contributed by atoms with Gasteiger partial charge in [-0.1, -0.05) is 23.7 Å². The van der Waals surface area contributed by atoms with Crippen LogP contribution in [0.3, 0.4) is 0 Å². The molecule has 0 saturated heterocycles. The number of carbonyl (C=O) groups excluding carboxylic acids is 1. The van der Waals surface area contributed by atoms with Crippen molar-refractivity contribution in [2.24, 2.45) is 5.73 Å². The highest BCUT2D eigenvalue weighted by Crippen LogP contribution is 2.41. The van der Waals surface area contributed by atoms with Crippen LogP contribution in [0.2, 0.25) is 5.02 Å². The first-order chi connectivity index (χ1) is 9.97. The Morgan fingerprint density at radius 3 is 2.52 bits per heavy atom. The van der Waals surface area contributed by atoms with Gasteiger partial charge in [-0.3, -0.25) is 4.90 Å². The number of aromatic hydroxyl groups is 1. The predicted octanol–water partition coefficient (Wildman–Crippen LogP) is 3.90. The van der Waals surface area contributed by atoms with E-state index < -0.39 is 6.03 Å². The van der Waals surface area contributed by atoms with Crippen LogP contribution in [0.1, 0.15) is 5.56 Å². The fraction of sp³-hybridized carbons (Fsp3) is 0.